The van der Waals surface area contributed by atoms with Gasteiger partial charge in [0.05, 0.1) is 11.9 Å². The Morgan fingerprint density at radius 3 is 2.23 bits per heavy atom. The minimum Gasteiger partial charge on any atom is -0.324 e. The van der Waals surface area contributed by atoms with Gasteiger partial charge in [-0.3, -0.25) is 9.10 Å². The molecule has 5 nitrogen and oxygen atoms in total. The highest BCUT2D eigenvalue weighted by Gasteiger charge is 2.21. The highest BCUT2D eigenvalue weighted by Crippen LogP contribution is 2.23. The van der Waals surface area contributed by atoms with Crippen molar-refractivity contribution in [2.45, 2.75) is 33.6 Å². The molecule has 0 aliphatic carbocycles. The van der Waals surface area contributed by atoms with Crippen molar-refractivity contribution >= 4 is 27.3 Å². The lowest BCUT2D eigenvalue weighted by Crippen LogP contribution is -2.37. The lowest BCUT2D eigenvalue weighted by atomic mass is 10.0. The molecule has 140 valence electrons. The van der Waals surface area contributed by atoms with Gasteiger partial charge in [0.25, 0.3) is 0 Å². The molecule has 0 bridgehead atoms. The molecule has 0 fully saturated rings. The quantitative estimate of drug-likeness (QED) is 0.835. The van der Waals surface area contributed by atoms with Gasteiger partial charge in [-0.15, -0.1) is 0 Å². The first-order valence-electron chi connectivity index (χ1n) is 8.53. The van der Waals surface area contributed by atoms with E-state index in [9.17, 15) is 13.2 Å². The van der Waals surface area contributed by atoms with Crippen LogP contribution in [0.2, 0.25) is 0 Å². The number of rotatable bonds is 6. The van der Waals surface area contributed by atoms with Crippen LogP contribution in [0.25, 0.3) is 0 Å². The number of amides is 1. The zero-order chi connectivity index (χ0) is 19.5. The monoisotopic (exact) mass is 374 g/mol. The second kappa shape index (κ2) is 7.91. The molecule has 6 heteroatoms. The van der Waals surface area contributed by atoms with Gasteiger partial charge < -0.3 is 5.32 Å². The van der Waals surface area contributed by atoms with Crippen molar-refractivity contribution in [3.63, 3.8) is 0 Å². The van der Waals surface area contributed by atoms with Crippen LogP contribution in [0.15, 0.2) is 42.5 Å². The van der Waals surface area contributed by atoms with E-state index in [0.717, 1.165) is 27.3 Å². The van der Waals surface area contributed by atoms with Gasteiger partial charge in [0.15, 0.2) is 0 Å². The Morgan fingerprint density at radius 2 is 1.69 bits per heavy atom. The maximum atomic E-state index is 12.5. The van der Waals surface area contributed by atoms with E-state index in [4.69, 9.17) is 0 Å². The minimum absolute atomic E-state index is 0.271. The van der Waals surface area contributed by atoms with Crippen LogP contribution in [0.3, 0.4) is 0 Å². The highest BCUT2D eigenvalue weighted by atomic mass is 32.2. The molecule has 0 atom stereocenters. The van der Waals surface area contributed by atoms with Gasteiger partial charge in [0.2, 0.25) is 15.9 Å². The van der Waals surface area contributed by atoms with Crippen molar-refractivity contribution < 1.29 is 13.2 Å². The summed E-state index contributed by atoms with van der Waals surface area (Å²) in [6, 6.07) is 12.9. The second-order valence-corrected chi connectivity index (χ2v) is 8.72. The first kappa shape index (κ1) is 20.0. The number of aryl methyl sites for hydroxylation is 1. The van der Waals surface area contributed by atoms with Gasteiger partial charge in [-0.25, -0.2) is 8.42 Å². The third-order valence-corrected chi connectivity index (χ3v) is 5.55. The number of carbonyl (C=O) groups is 1. The molecule has 0 unspecified atom stereocenters. The summed E-state index contributed by atoms with van der Waals surface area (Å²) in [4.78, 5) is 12.5. The minimum atomic E-state index is -3.58. The molecule has 2 rings (SSSR count). The Morgan fingerprint density at radius 1 is 1.08 bits per heavy atom. The lowest BCUT2D eigenvalue weighted by Gasteiger charge is -2.22. The highest BCUT2D eigenvalue weighted by molar-refractivity contribution is 7.92. The fourth-order valence-electron chi connectivity index (χ4n) is 2.63. The van der Waals surface area contributed by atoms with Crippen molar-refractivity contribution in [2.24, 2.45) is 0 Å². The van der Waals surface area contributed by atoms with Gasteiger partial charge in [-0.2, -0.15) is 0 Å². The molecule has 2 aromatic rings. The molecular weight excluding hydrogens is 348 g/mol. The van der Waals surface area contributed by atoms with Crippen LogP contribution in [0.4, 0.5) is 11.4 Å². The van der Waals surface area contributed by atoms with Gasteiger partial charge in [-0.05, 0) is 54.7 Å². The van der Waals surface area contributed by atoms with Crippen LogP contribution in [-0.2, 0) is 14.8 Å². The largest absolute Gasteiger partial charge is 0.324 e. The zero-order valence-electron chi connectivity index (χ0n) is 15.9. The van der Waals surface area contributed by atoms with E-state index >= 15 is 0 Å². The Hall–Kier alpha value is -2.34. The van der Waals surface area contributed by atoms with Gasteiger partial charge in [0, 0.05) is 5.69 Å². The number of hydrogen-bond donors (Lipinski definition) is 1. The van der Waals surface area contributed by atoms with Gasteiger partial charge in [0.1, 0.15) is 6.54 Å². The average Bonchev–Trinajstić information content (AvgIpc) is 2.56. The summed E-state index contributed by atoms with van der Waals surface area (Å²) in [5, 5.41) is 2.81. The van der Waals surface area contributed by atoms with Crippen LogP contribution >= 0.6 is 0 Å². The number of hydrogen-bond acceptors (Lipinski definition) is 3. The Kier molecular flexibility index (Phi) is 6.08. The molecule has 1 amide bonds. The summed E-state index contributed by atoms with van der Waals surface area (Å²) in [5.41, 5.74) is 4.31. The van der Waals surface area contributed by atoms with Crippen molar-refractivity contribution in [3.8, 4) is 0 Å². The first-order chi connectivity index (χ1) is 12.1. The molecule has 0 aliphatic heterocycles. The van der Waals surface area contributed by atoms with E-state index in [1.165, 1.54) is 0 Å². The molecule has 0 spiro atoms. The molecule has 0 saturated heterocycles. The van der Waals surface area contributed by atoms with Crippen LogP contribution < -0.4 is 9.62 Å². The number of anilines is 2. The maximum absolute atomic E-state index is 12.5. The number of carbonyl (C=O) groups excluding carboxylic acids is 1. The lowest BCUT2D eigenvalue weighted by molar-refractivity contribution is -0.114. The summed E-state index contributed by atoms with van der Waals surface area (Å²) >= 11 is 0. The molecule has 0 saturated carbocycles. The normalized spacial score (nSPS) is 11.5. The van der Waals surface area contributed by atoms with Crippen LogP contribution in [0.5, 0.6) is 0 Å². The topological polar surface area (TPSA) is 66.5 Å². The molecule has 26 heavy (non-hydrogen) atoms. The molecule has 0 aromatic heterocycles. The molecule has 0 radical (unpaired) electrons. The molecule has 2 aromatic carbocycles. The Labute approximate surface area is 156 Å². The SMILES string of the molecule is Cc1cccc(NC(=O)CN(c2ccc(C(C)C)cc2)S(C)(=O)=O)c1C. The van der Waals surface area contributed by atoms with E-state index in [2.05, 4.69) is 19.2 Å². The summed E-state index contributed by atoms with van der Waals surface area (Å²) in [7, 11) is -3.58. The average molecular weight is 375 g/mol. The standard InChI is InChI=1S/C20H26N2O3S/c1-14(2)17-9-11-18(12-10-17)22(26(5,24)25)13-20(23)21-19-8-6-7-15(3)16(19)4/h6-12,14H,13H2,1-5H3,(H,21,23). The van der Waals surface area contributed by atoms with Crippen molar-refractivity contribution in [3.05, 3.63) is 59.2 Å². The molecule has 1 N–H and O–H groups in total. The fraction of sp³-hybridized carbons (Fsp3) is 0.350. The Bertz CT molecular complexity index is 888. The van der Waals surface area contributed by atoms with Crippen molar-refractivity contribution in [2.75, 3.05) is 22.4 Å². The Balaban J connectivity index is 2.23. The van der Waals surface area contributed by atoms with Gasteiger partial charge in [-0.1, -0.05) is 38.1 Å². The summed E-state index contributed by atoms with van der Waals surface area (Å²) < 4.78 is 25.5. The molecule has 0 aliphatic rings. The van der Waals surface area contributed by atoms with E-state index in [1.54, 1.807) is 12.1 Å². The number of nitrogens with one attached hydrogen (secondary N) is 1. The number of benzene rings is 2. The fourth-order valence-corrected chi connectivity index (χ4v) is 3.49. The predicted octanol–water partition coefficient (Wildman–Crippen LogP) is 3.83. The van der Waals surface area contributed by atoms with Crippen molar-refractivity contribution in [1.82, 2.24) is 0 Å². The van der Waals surface area contributed by atoms with E-state index in [1.807, 2.05) is 44.2 Å². The van der Waals surface area contributed by atoms with E-state index in [0.29, 0.717) is 17.3 Å². The predicted molar refractivity (Wildman–Crippen MR) is 107 cm³/mol. The summed E-state index contributed by atoms with van der Waals surface area (Å²) in [5.74, 6) is -0.0274. The van der Waals surface area contributed by atoms with E-state index in [-0.39, 0.29) is 12.5 Å². The van der Waals surface area contributed by atoms with Crippen LogP contribution in [0, 0.1) is 13.8 Å². The summed E-state index contributed by atoms with van der Waals surface area (Å²) in [6.45, 7) is 7.75. The van der Waals surface area contributed by atoms with Gasteiger partial charge >= 0.3 is 0 Å². The number of sulfonamides is 1. The van der Waals surface area contributed by atoms with Crippen LogP contribution in [-0.4, -0.2) is 27.1 Å². The zero-order valence-corrected chi connectivity index (χ0v) is 16.7. The first-order valence-corrected chi connectivity index (χ1v) is 10.4. The van der Waals surface area contributed by atoms with E-state index < -0.39 is 10.0 Å². The van der Waals surface area contributed by atoms with Crippen LogP contribution in [0.1, 0.15) is 36.5 Å². The molecular formula is C20H26N2O3S. The smallest absolute Gasteiger partial charge is 0.245 e. The summed E-state index contributed by atoms with van der Waals surface area (Å²) in [6.07, 6.45) is 1.11. The maximum Gasteiger partial charge on any atom is 0.245 e. The second-order valence-electron chi connectivity index (χ2n) is 6.81. The third-order valence-electron chi connectivity index (χ3n) is 4.41. The van der Waals surface area contributed by atoms with Crippen molar-refractivity contribution in [1.29, 1.82) is 0 Å². The number of nitrogens with zero attached hydrogens (tertiary/aromatic N) is 1. The molecule has 0 heterocycles. The third kappa shape index (κ3) is 4.85.